The van der Waals surface area contributed by atoms with E-state index in [1.165, 1.54) is 6.92 Å². The first-order valence-electron chi connectivity index (χ1n) is 11.4. The Labute approximate surface area is 210 Å². The normalized spacial score (nSPS) is 21.5. The molecule has 0 aromatic heterocycles. The first kappa shape index (κ1) is 28.5. The molecule has 2 aromatic rings. The molecule has 1 aliphatic heterocycles. The molecule has 1 unspecified atom stereocenters. The molecule has 0 spiro atoms. The molecule has 0 saturated carbocycles. The molecule has 202 valence electrons. The molecule has 0 aliphatic carbocycles. The number of esters is 1. The van der Waals surface area contributed by atoms with Gasteiger partial charge in [0.05, 0.1) is 29.4 Å². The zero-order valence-electron chi connectivity index (χ0n) is 20.6. The molecule has 1 amide bonds. The molecule has 11 heteroatoms. The van der Waals surface area contributed by atoms with E-state index in [1.807, 2.05) is 0 Å². The lowest BCUT2D eigenvalue weighted by Gasteiger charge is -2.31. The van der Waals surface area contributed by atoms with Gasteiger partial charge in [-0.3, -0.25) is 9.59 Å². The Morgan fingerprint density at radius 3 is 2.03 bits per heavy atom. The lowest BCUT2D eigenvalue weighted by molar-refractivity contribution is -0.161. The van der Waals surface area contributed by atoms with Crippen molar-refractivity contribution in [2.45, 2.75) is 63.7 Å². The highest BCUT2D eigenvalue weighted by Crippen LogP contribution is 2.40. The highest BCUT2D eigenvalue weighted by atomic mass is 19.4. The van der Waals surface area contributed by atoms with Crippen LogP contribution in [-0.2, 0) is 37.0 Å². The number of carbonyl (C=O) groups is 2. The summed E-state index contributed by atoms with van der Waals surface area (Å²) >= 11 is 0. The molecular formula is C26H27F6NO4. The smallest absolute Gasteiger partial charge is 0.416 e. The number of halogens is 6. The molecule has 1 N–H and O–H groups in total. The predicted octanol–water partition coefficient (Wildman–Crippen LogP) is 6.18. The van der Waals surface area contributed by atoms with Gasteiger partial charge in [-0.2, -0.15) is 26.3 Å². The van der Waals surface area contributed by atoms with Gasteiger partial charge in [0.2, 0.25) is 5.91 Å². The van der Waals surface area contributed by atoms with Gasteiger partial charge in [-0.25, -0.2) is 0 Å². The molecule has 37 heavy (non-hydrogen) atoms. The van der Waals surface area contributed by atoms with Crippen molar-refractivity contribution in [3.63, 3.8) is 0 Å². The van der Waals surface area contributed by atoms with E-state index < -0.39 is 58.5 Å². The van der Waals surface area contributed by atoms with Crippen molar-refractivity contribution in [3.8, 4) is 0 Å². The van der Waals surface area contributed by atoms with E-state index in [0.29, 0.717) is 17.7 Å². The standard InChI is InChI=1S/C26H27F6NO4/c1-15(16-10-18(25(27,28)29)12-19(11-16)26(30,31)32)36-14-24(17-8-6-5-7-9-17)13-20(21(34)33-24)22(35)37-23(2,3)4/h5-12,15,20H,13-14H2,1-4H3,(H,33,34)/t15-,20?,24-/m1/s1. The summed E-state index contributed by atoms with van der Waals surface area (Å²) in [6.45, 7) is 5.95. The molecule has 5 nitrogen and oxygen atoms in total. The number of benzene rings is 2. The molecule has 2 aromatic carbocycles. The van der Waals surface area contributed by atoms with Crippen LogP contribution in [0.2, 0.25) is 0 Å². The van der Waals surface area contributed by atoms with Crippen LogP contribution in [0.4, 0.5) is 26.3 Å². The second-order valence-corrected chi connectivity index (χ2v) is 10.0. The van der Waals surface area contributed by atoms with Crippen molar-refractivity contribution in [1.82, 2.24) is 5.32 Å². The van der Waals surface area contributed by atoms with E-state index in [1.54, 1.807) is 51.1 Å². The van der Waals surface area contributed by atoms with Crippen LogP contribution < -0.4 is 5.32 Å². The number of rotatable bonds is 6. The zero-order valence-corrected chi connectivity index (χ0v) is 20.6. The van der Waals surface area contributed by atoms with Gasteiger partial charge in [-0.1, -0.05) is 30.3 Å². The average molecular weight is 531 g/mol. The fourth-order valence-electron chi connectivity index (χ4n) is 4.08. The Balaban J connectivity index is 1.91. The predicted molar refractivity (Wildman–Crippen MR) is 121 cm³/mol. The summed E-state index contributed by atoms with van der Waals surface area (Å²) < 4.78 is 90.9. The summed E-state index contributed by atoms with van der Waals surface area (Å²) in [4.78, 5) is 25.5. The Kier molecular flexibility index (Phi) is 7.70. The van der Waals surface area contributed by atoms with Crippen molar-refractivity contribution in [3.05, 3.63) is 70.8 Å². The molecule has 1 aliphatic rings. The largest absolute Gasteiger partial charge is 0.459 e. The van der Waals surface area contributed by atoms with E-state index in [2.05, 4.69) is 5.32 Å². The SMILES string of the molecule is C[C@@H](OC[C@@]1(c2ccccc2)CC(C(=O)OC(C)(C)C)C(=O)N1)c1cc(C(F)(F)F)cc(C(F)(F)F)c1. The van der Waals surface area contributed by atoms with Crippen LogP contribution in [0.25, 0.3) is 0 Å². The molecular weight excluding hydrogens is 504 g/mol. The molecule has 1 heterocycles. The molecule has 0 radical (unpaired) electrons. The van der Waals surface area contributed by atoms with E-state index in [4.69, 9.17) is 9.47 Å². The van der Waals surface area contributed by atoms with Gasteiger partial charge < -0.3 is 14.8 Å². The van der Waals surface area contributed by atoms with Gasteiger partial charge >= 0.3 is 18.3 Å². The van der Waals surface area contributed by atoms with Crippen molar-refractivity contribution in [1.29, 1.82) is 0 Å². The summed E-state index contributed by atoms with van der Waals surface area (Å²) in [6.07, 6.45) is -11.3. The summed E-state index contributed by atoms with van der Waals surface area (Å²) in [6, 6.07) is 9.72. The van der Waals surface area contributed by atoms with Crippen LogP contribution in [0.1, 0.15) is 62.5 Å². The van der Waals surface area contributed by atoms with Crippen LogP contribution in [0.5, 0.6) is 0 Å². The number of hydrogen-bond acceptors (Lipinski definition) is 4. The van der Waals surface area contributed by atoms with Crippen LogP contribution >= 0.6 is 0 Å². The summed E-state index contributed by atoms with van der Waals surface area (Å²) in [5, 5.41) is 2.75. The lowest BCUT2D eigenvalue weighted by Crippen LogP contribution is -2.43. The van der Waals surface area contributed by atoms with Crippen LogP contribution in [0.3, 0.4) is 0 Å². The van der Waals surface area contributed by atoms with Gasteiger partial charge in [0.1, 0.15) is 11.5 Å². The molecule has 3 atom stereocenters. The third-order valence-corrected chi connectivity index (χ3v) is 5.91. The minimum atomic E-state index is -5.00. The number of amides is 1. The van der Waals surface area contributed by atoms with Crippen LogP contribution in [0.15, 0.2) is 48.5 Å². The highest BCUT2D eigenvalue weighted by molar-refractivity contribution is 6.00. The molecule has 1 fully saturated rings. The number of ether oxygens (including phenoxy) is 2. The Morgan fingerprint density at radius 1 is 1.00 bits per heavy atom. The minimum Gasteiger partial charge on any atom is -0.459 e. The summed E-state index contributed by atoms with van der Waals surface area (Å²) in [7, 11) is 0. The Bertz CT molecular complexity index is 1110. The third-order valence-electron chi connectivity index (χ3n) is 5.91. The molecule has 0 bridgehead atoms. The topological polar surface area (TPSA) is 64.6 Å². The number of hydrogen-bond donors (Lipinski definition) is 1. The van der Waals surface area contributed by atoms with Crippen molar-refractivity contribution < 1.29 is 45.4 Å². The molecule has 1 saturated heterocycles. The fourth-order valence-corrected chi connectivity index (χ4v) is 4.08. The summed E-state index contributed by atoms with van der Waals surface area (Å²) in [5.41, 5.74) is -4.79. The number of carbonyl (C=O) groups excluding carboxylic acids is 2. The van der Waals surface area contributed by atoms with Gasteiger partial charge in [0.15, 0.2) is 0 Å². The zero-order chi connectivity index (χ0) is 27.8. The van der Waals surface area contributed by atoms with E-state index in [-0.39, 0.29) is 24.7 Å². The fraction of sp³-hybridized carbons (Fsp3) is 0.462. The first-order chi connectivity index (χ1) is 16.9. The second kappa shape index (κ2) is 10.00. The maximum atomic E-state index is 13.3. The maximum absolute atomic E-state index is 13.3. The summed E-state index contributed by atoms with van der Waals surface area (Å²) in [5.74, 6) is -2.54. The van der Waals surface area contributed by atoms with Gasteiger partial charge in [-0.15, -0.1) is 0 Å². The highest BCUT2D eigenvalue weighted by Gasteiger charge is 2.50. The van der Waals surface area contributed by atoms with Gasteiger partial charge in [0, 0.05) is 0 Å². The van der Waals surface area contributed by atoms with Gasteiger partial charge in [0.25, 0.3) is 0 Å². The quantitative estimate of drug-likeness (QED) is 0.275. The van der Waals surface area contributed by atoms with Crippen LogP contribution in [0, 0.1) is 5.92 Å². The number of nitrogens with one attached hydrogen (secondary N) is 1. The Hall–Kier alpha value is -3.08. The van der Waals surface area contributed by atoms with E-state index in [9.17, 15) is 35.9 Å². The van der Waals surface area contributed by atoms with Crippen molar-refractivity contribution in [2.24, 2.45) is 5.92 Å². The maximum Gasteiger partial charge on any atom is 0.416 e. The second-order valence-electron chi connectivity index (χ2n) is 10.0. The van der Waals surface area contributed by atoms with Crippen molar-refractivity contribution >= 4 is 11.9 Å². The Morgan fingerprint density at radius 2 is 1.54 bits per heavy atom. The monoisotopic (exact) mass is 531 g/mol. The third kappa shape index (κ3) is 6.82. The molecule has 3 rings (SSSR count). The minimum absolute atomic E-state index is 0.0459. The first-order valence-corrected chi connectivity index (χ1v) is 11.4. The number of alkyl halides is 6. The van der Waals surface area contributed by atoms with Crippen LogP contribution in [-0.4, -0.2) is 24.1 Å². The van der Waals surface area contributed by atoms with Crippen molar-refractivity contribution in [2.75, 3.05) is 6.61 Å². The average Bonchev–Trinajstić information content (AvgIpc) is 3.13. The van der Waals surface area contributed by atoms with E-state index in [0.717, 1.165) is 0 Å². The lowest BCUT2D eigenvalue weighted by atomic mass is 9.86. The van der Waals surface area contributed by atoms with E-state index >= 15 is 0 Å². The van der Waals surface area contributed by atoms with Gasteiger partial charge in [-0.05, 0) is 63.4 Å².